The molecular formula is C22H26Cl3FO4. The van der Waals surface area contributed by atoms with E-state index in [1.54, 1.807) is 13.0 Å². The summed E-state index contributed by atoms with van der Waals surface area (Å²) in [5.74, 6) is -2.21. The van der Waals surface area contributed by atoms with Crippen LogP contribution in [0, 0.1) is 34.5 Å². The highest BCUT2D eigenvalue weighted by atomic mass is 35.5. The van der Waals surface area contributed by atoms with Crippen LogP contribution in [0.4, 0.5) is 4.39 Å². The van der Waals surface area contributed by atoms with Crippen LogP contribution in [0.1, 0.15) is 33.1 Å². The highest BCUT2D eigenvalue weighted by Gasteiger charge is 2.72. The lowest BCUT2D eigenvalue weighted by molar-refractivity contribution is -0.134. The molecule has 9 atom stereocenters. The van der Waals surface area contributed by atoms with Crippen molar-refractivity contribution in [2.24, 2.45) is 34.5 Å². The monoisotopic (exact) mass is 478 g/mol. The van der Waals surface area contributed by atoms with Crippen molar-refractivity contribution in [1.29, 1.82) is 0 Å². The lowest BCUT2D eigenvalue weighted by Crippen LogP contribution is -2.66. The van der Waals surface area contributed by atoms with Gasteiger partial charge in [0.15, 0.2) is 11.6 Å². The van der Waals surface area contributed by atoms with E-state index in [2.05, 4.69) is 0 Å². The fourth-order valence-electron chi connectivity index (χ4n) is 7.28. The van der Waals surface area contributed by atoms with E-state index in [0.29, 0.717) is 18.4 Å². The van der Waals surface area contributed by atoms with Gasteiger partial charge in [-0.25, -0.2) is 4.39 Å². The van der Waals surface area contributed by atoms with Gasteiger partial charge in [-0.15, -0.1) is 23.2 Å². The Kier molecular flexibility index (Phi) is 5.51. The number of carbonyl (C=O) groups excluding carboxylic acids is 2. The summed E-state index contributed by atoms with van der Waals surface area (Å²) in [7, 11) is 0. The van der Waals surface area contributed by atoms with E-state index >= 15 is 4.39 Å². The molecule has 0 saturated heterocycles. The first kappa shape index (κ1) is 22.7. The van der Waals surface area contributed by atoms with Gasteiger partial charge in [-0.3, -0.25) is 9.59 Å². The Hall–Kier alpha value is -0.460. The number of halogens is 4. The Bertz CT molecular complexity index is 859. The molecule has 0 radical (unpaired) electrons. The number of fused-ring (bicyclic) bond motifs is 5. The van der Waals surface area contributed by atoms with Crippen molar-refractivity contribution >= 4 is 46.4 Å². The maximum atomic E-state index is 15.5. The van der Waals surface area contributed by atoms with E-state index in [4.69, 9.17) is 34.8 Å². The lowest BCUT2D eigenvalue weighted by atomic mass is 9.46. The molecule has 4 aliphatic carbocycles. The van der Waals surface area contributed by atoms with Gasteiger partial charge in [-0.1, -0.05) is 25.4 Å². The molecule has 0 amide bonds. The Morgan fingerprint density at radius 1 is 1.27 bits per heavy atom. The summed E-state index contributed by atoms with van der Waals surface area (Å²) in [5, 5.41) is 18.9. The van der Waals surface area contributed by atoms with Crippen molar-refractivity contribution in [2.45, 2.75) is 49.5 Å². The first-order valence-electron chi connectivity index (χ1n) is 10.3. The topological polar surface area (TPSA) is 74.6 Å². The molecule has 0 bridgehead atoms. The molecule has 0 aromatic carbocycles. The highest BCUT2D eigenvalue weighted by Crippen LogP contribution is 2.71. The molecule has 30 heavy (non-hydrogen) atoms. The van der Waals surface area contributed by atoms with Gasteiger partial charge < -0.3 is 10.2 Å². The zero-order valence-electron chi connectivity index (χ0n) is 16.9. The number of hydrogen-bond acceptors (Lipinski definition) is 4. The van der Waals surface area contributed by atoms with Gasteiger partial charge in [-0.05, 0) is 60.2 Å². The Morgan fingerprint density at radius 2 is 1.93 bits per heavy atom. The third-order valence-corrected chi connectivity index (χ3v) is 10.4. The van der Waals surface area contributed by atoms with Gasteiger partial charge in [-0.2, -0.15) is 0 Å². The first-order valence-corrected chi connectivity index (χ1v) is 11.5. The Morgan fingerprint density at radius 3 is 2.53 bits per heavy atom. The summed E-state index contributed by atoms with van der Waals surface area (Å²) in [5.41, 5.74) is -1.36. The quantitative estimate of drug-likeness (QED) is 0.604. The molecule has 4 aliphatic rings. The number of aliphatic hydroxyl groups is 2. The molecule has 0 aliphatic heterocycles. The first-order chi connectivity index (χ1) is 14.0. The third-order valence-electron chi connectivity index (χ3n) is 8.55. The van der Waals surface area contributed by atoms with Crippen LogP contribution in [-0.4, -0.2) is 51.4 Å². The number of hydrogen-bond donors (Lipinski definition) is 2. The van der Waals surface area contributed by atoms with Crippen LogP contribution >= 0.6 is 34.8 Å². The summed E-state index contributed by atoms with van der Waals surface area (Å²) in [6.07, 6.45) is 2.39. The van der Waals surface area contributed by atoms with Gasteiger partial charge in [0.25, 0.3) is 0 Å². The van der Waals surface area contributed by atoms with Crippen LogP contribution in [0.5, 0.6) is 0 Å². The van der Waals surface area contributed by atoms with Crippen molar-refractivity contribution in [1.82, 2.24) is 0 Å². The van der Waals surface area contributed by atoms with Crippen LogP contribution in [0.2, 0.25) is 0 Å². The Balaban J connectivity index is 1.86. The molecule has 4 rings (SSSR count). The van der Waals surface area contributed by atoms with Gasteiger partial charge >= 0.3 is 0 Å². The maximum absolute atomic E-state index is 15.5. The van der Waals surface area contributed by atoms with E-state index in [-0.39, 0.29) is 35.7 Å². The van der Waals surface area contributed by atoms with Crippen molar-refractivity contribution in [3.63, 3.8) is 0 Å². The predicted octanol–water partition coefficient (Wildman–Crippen LogP) is 3.78. The lowest BCUT2D eigenvalue weighted by Gasteiger charge is -2.63. The van der Waals surface area contributed by atoms with E-state index in [1.165, 1.54) is 6.08 Å². The molecule has 0 aromatic rings. The second-order valence-corrected chi connectivity index (χ2v) is 11.4. The number of allylic oxidation sites excluding steroid dienone is 4. The van der Waals surface area contributed by atoms with Crippen molar-refractivity contribution in [3.8, 4) is 0 Å². The van der Waals surface area contributed by atoms with E-state index in [9.17, 15) is 19.8 Å². The molecule has 3 fully saturated rings. The SMILES string of the molecule is C[C@]12C[C@H](Cl)[C@@]3(Cl)[C@@H](C[C@@H](F)C4=CC(=O)C(Cl)=C[C@@]43C)[C@@H]1C[C@H](CO)[C@@H]2C(=O)CO. The van der Waals surface area contributed by atoms with E-state index in [0.717, 1.165) is 0 Å². The predicted molar refractivity (Wildman–Crippen MR) is 113 cm³/mol. The molecule has 3 saturated carbocycles. The summed E-state index contributed by atoms with van der Waals surface area (Å²) < 4.78 is 15.5. The molecule has 8 heteroatoms. The van der Waals surface area contributed by atoms with Gasteiger partial charge in [0, 0.05) is 17.9 Å². The fraction of sp³-hybridized carbons (Fsp3) is 0.727. The normalized spacial score (nSPS) is 50.2. The summed E-state index contributed by atoms with van der Waals surface area (Å²) in [6, 6.07) is 0. The van der Waals surface area contributed by atoms with Crippen LogP contribution in [0.25, 0.3) is 0 Å². The minimum atomic E-state index is -1.39. The van der Waals surface area contributed by atoms with Crippen LogP contribution in [-0.2, 0) is 9.59 Å². The van der Waals surface area contributed by atoms with Crippen LogP contribution in [0.3, 0.4) is 0 Å². The third kappa shape index (κ3) is 2.71. The van der Waals surface area contributed by atoms with Crippen molar-refractivity contribution in [3.05, 3.63) is 22.8 Å². The minimum Gasteiger partial charge on any atom is -0.396 e. The molecule has 0 aromatic heterocycles. The molecule has 2 N–H and O–H groups in total. The van der Waals surface area contributed by atoms with E-state index < -0.39 is 51.5 Å². The number of alkyl halides is 3. The molecule has 166 valence electrons. The zero-order chi connectivity index (χ0) is 22.2. The summed E-state index contributed by atoms with van der Waals surface area (Å²) in [4.78, 5) is 23.7. The minimum absolute atomic E-state index is 0.000631. The maximum Gasteiger partial charge on any atom is 0.196 e. The largest absolute Gasteiger partial charge is 0.396 e. The number of ketones is 2. The van der Waals surface area contributed by atoms with Gasteiger partial charge in [0.2, 0.25) is 0 Å². The summed E-state index contributed by atoms with van der Waals surface area (Å²) >= 11 is 20.5. The fourth-order valence-corrected chi connectivity index (χ4v) is 8.76. The molecule has 0 unspecified atom stereocenters. The van der Waals surface area contributed by atoms with Crippen molar-refractivity contribution in [2.75, 3.05) is 13.2 Å². The molecular weight excluding hydrogens is 454 g/mol. The van der Waals surface area contributed by atoms with E-state index in [1.807, 2.05) is 6.92 Å². The van der Waals surface area contributed by atoms with Gasteiger partial charge in [0.05, 0.1) is 15.3 Å². The Labute approximate surface area is 190 Å². The second-order valence-electron chi connectivity index (χ2n) is 9.80. The smallest absolute Gasteiger partial charge is 0.196 e. The summed E-state index contributed by atoms with van der Waals surface area (Å²) in [6.45, 7) is 2.93. The molecule has 0 heterocycles. The zero-order valence-corrected chi connectivity index (χ0v) is 19.1. The molecule has 0 spiro atoms. The van der Waals surface area contributed by atoms with Crippen LogP contribution < -0.4 is 0 Å². The van der Waals surface area contributed by atoms with Crippen molar-refractivity contribution < 1.29 is 24.2 Å². The average Bonchev–Trinajstić information content (AvgIpc) is 2.98. The van der Waals surface area contributed by atoms with Gasteiger partial charge in [0.1, 0.15) is 12.8 Å². The molecule has 4 nitrogen and oxygen atoms in total. The number of rotatable bonds is 3. The standard InChI is InChI=1S/C22H26Cl3FO4/c1-20-7-18(24)22(25)12(11(20)3-10(8-27)19(20)17(30)9-28)4-15(26)13-5-16(29)14(23)6-21(13,22)2/h5-6,10-12,15,18-19,27-28H,3-4,7-9H2,1-2H3/t10-,11+,12+,15-,18+,19-,20+,21+,22+/m1/s1. The number of Topliss-reactive ketones (excluding diaryl/α,β-unsaturated/α-hetero) is 1. The number of carbonyl (C=O) groups is 2. The van der Waals surface area contributed by atoms with Crippen LogP contribution in [0.15, 0.2) is 22.8 Å². The second kappa shape index (κ2) is 7.28. The number of aliphatic hydroxyl groups excluding tert-OH is 2. The highest BCUT2D eigenvalue weighted by molar-refractivity contribution is 6.45. The average molecular weight is 480 g/mol.